The van der Waals surface area contributed by atoms with Gasteiger partial charge in [0.2, 0.25) is 5.91 Å². The molecule has 2 N–H and O–H groups in total. The van der Waals surface area contributed by atoms with E-state index in [0.29, 0.717) is 19.4 Å². The Morgan fingerprint density at radius 1 is 1.33 bits per heavy atom. The number of carboxylic acid groups (broad SMARTS) is 1. The minimum atomic E-state index is -3.05. The van der Waals surface area contributed by atoms with Gasteiger partial charge in [0.15, 0.2) is 0 Å². The molecule has 1 saturated heterocycles. The van der Waals surface area contributed by atoms with E-state index >= 15 is 0 Å². The molecule has 2 unspecified atom stereocenters. The summed E-state index contributed by atoms with van der Waals surface area (Å²) in [7, 11) is 0. The highest BCUT2D eigenvalue weighted by molar-refractivity contribution is 5.97. The summed E-state index contributed by atoms with van der Waals surface area (Å²) in [6, 6.07) is 4.72. The molecule has 27 heavy (non-hydrogen) atoms. The quantitative estimate of drug-likeness (QED) is 0.751. The van der Waals surface area contributed by atoms with E-state index in [1.165, 1.54) is 23.1 Å². The summed E-state index contributed by atoms with van der Waals surface area (Å²) in [6.45, 7) is -0.942. The first-order chi connectivity index (χ1) is 12.8. The molecule has 1 heterocycles. The lowest BCUT2D eigenvalue weighted by Crippen LogP contribution is -2.49. The third-order valence-electron chi connectivity index (χ3n) is 4.44. The van der Waals surface area contributed by atoms with E-state index in [-0.39, 0.29) is 24.3 Å². The van der Waals surface area contributed by atoms with E-state index in [1.807, 2.05) is 0 Å². The number of amides is 2. The van der Waals surface area contributed by atoms with Gasteiger partial charge in [-0.3, -0.25) is 9.59 Å². The highest BCUT2D eigenvalue weighted by Gasteiger charge is 2.31. The smallest absolute Gasteiger partial charge is 0.387 e. The number of likely N-dealkylation sites (tertiary alicyclic amines) is 1. The molecule has 0 aliphatic carbocycles. The molecule has 148 valence electrons. The number of piperidine rings is 1. The molecule has 2 atom stereocenters. The molecule has 2 rings (SSSR count). The lowest BCUT2D eigenvalue weighted by molar-refractivity contribution is -0.142. The van der Waals surface area contributed by atoms with Gasteiger partial charge in [0.05, 0.1) is 11.5 Å². The van der Waals surface area contributed by atoms with Crippen molar-refractivity contribution >= 4 is 17.8 Å². The molecule has 0 radical (unpaired) electrons. The standard InChI is InChI=1S/C18H22F2N2O5/c1-2-13(17(25)26)21-15(23)11-6-5-9-22(10-11)16(24)12-7-3-4-8-14(12)27-18(19)20/h3-4,7-8,11,13,18H,2,5-6,9-10H2,1H3,(H,21,23)(H,25,26). The number of rotatable bonds is 7. The first-order valence-corrected chi connectivity index (χ1v) is 8.69. The molecule has 0 aromatic heterocycles. The third kappa shape index (κ3) is 5.38. The van der Waals surface area contributed by atoms with Crippen molar-refractivity contribution in [2.45, 2.75) is 38.8 Å². The van der Waals surface area contributed by atoms with Crippen LogP contribution < -0.4 is 10.1 Å². The van der Waals surface area contributed by atoms with Gasteiger partial charge in [-0.1, -0.05) is 19.1 Å². The van der Waals surface area contributed by atoms with Crippen LogP contribution in [0.3, 0.4) is 0 Å². The SMILES string of the molecule is CCC(NC(=O)C1CCCN(C(=O)c2ccccc2OC(F)F)C1)C(=O)O. The van der Waals surface area contributed by atoms with Crippen molar-refractivity contribution < 1.29 is 33.0 Å². The number of carboxylic acids is 1. The van der Waals surface area contributed by atoms with E-state index in [1.54, 1.807) is 13.0 Å². The molecule has 7 nitrogen and oxygen atoms in total. The summed E-state index contributed by atoms with van der Waals surface area (Å²) in [5, 5.41) is 11.5. The zero-order valence-electron chi connectivity index (χ0n) is 14.9. The molecule has 2 amide bonds. The minimum Gasteiger partial charge on any atom is -0.480 e. The van der Waals surface area contributed by atoms with Gasteiger partial charge in [-0.2, -0.15) is 8.78 Å². The maximum Gasteiger partial charge on any atom is 0.387 e. The van der Waals surface area contributed by atoms with E-state index in [2.05, 4.69) is 10.1 Å². The Labute approximate surface area is 155 Å². The van der Waals surface area contributed by atoms with Crippen molar-refractivity contribution in [1.29, 1.82) is 0 Å². The lowest BCUT2D eigenvalue weighted by Gasteiger charge is -2.33. The van der Waals surface area contributed by atoms with Gasteiger partial charge >= 0.3 is 12.6 Å². The summed E-state index contributed by atoms with van der Waals surface area (Å²) >= 11 is 0. The summed E-state index contributed by atoms with van der Waals surface area (Å²) in [6.07, 6.45) is 1.31. The molecule has 1 aromatic rings. The van der Waals surface area contributed by atoms with Gasteiger partial charge in [0, 0.05) is 13.1 Å². The second-order valence-corrected chi connectivity index (χ2v) is 6.27. The summed E-state index contributed by atoms with van der Waals surface area (Å²) < 4.78 is 29.5. The van der Waals surface area contributed by atoms with Crippen LogP contribution in [0.2, 0.25) is 0 Å². The summed E-state index contributed by atoms with van der Waals surface area (Å²) in [4.78, 5) is 37.6. The lowest BCUT2D eigenvalue weighted by atomic mass is 9.96. The highest BCUT2D eigenvalue weighted by Crippen LogP contribution is 2.25. The number of nitrogens with one attached hydrogen (secondary N) is 1. The number of benzene rings is 1. The maximum atomic E-state index is 12.7. The summed E-state index contributed by atoms with van der Waals surface area (Å²) in [5.74, 6) is -2.83. The number of hydrogen-bond donors (Lipinski definition) is 2. The van der Waals surface area contributed by atoms with Gasteiger partial charge in [0.25, 0.3) is 5.91 Å². The van der Waals surface area contributed by atoms with E-state index < -0.39 is 36.4 Å². The average Bonchev–Trinajstić information content (AvgIpc) is 2.65. The first-order valence-electron chi connectivity index (χ1n) is 8.69. The normalized spacial score (nSPS) is 18.1. The topological polar surface area (TPSA) is 95.9 Å². The molecule has 0 spiro atoms. The summed E-state index contributed by atoms with van der Waals surface area (Å²) in [5.41, 5.74) is -0.00386. The number of carbonyl (C=O) groups excluding carboxylic acids is 2. The molecule has 1 fully saturated rings. The molecule has 9 heteroatoms. The minimum absolute atomic E-state index is 0.00386. The van der Waals surface area contributed by atoms with Crippen molar-refractivity contribution in [3.8, 4) is 5.75 Å². The molecule has 0 bridgehead atoms. The van der Waals surface area contributed by atoms with Gasteiger partial charge in [-0.25, -0.2) is 4.79 Å². The molecule has 1 aromatic carbocycles. The van der Waals surface area contributed by atoms with Crippen molar-refractivity contribution in [2.24, 2.45) is 5.92 Å². The monoisotopic (exact) mass is 384 g/mol. The number of carbonyl (C=O) groups is 3. The van der Waals surface area contributed by atoms with Crippen molar-refractivity contribution in [3.63, 3.8) is 0 Å². The molecule has 1 aliphatic heterocycles. The van der Waals surface area contributed by atoms with Crippen LogP contribution in [-0.4, -0.2) is 53.5 Å². The fourth-order valence-electron chi connectivity index (χ4n) is 3.02. The zero-order valence-corrected chi connectivity index (χ0v) is 14.9. The van der Waals surface area contributed by atoms with Gasteiger partial charge in [-0.05, 0) is 31.4 Å². The van der Waals surface area contributed by atoms with Gasteiger partial charge in [-0.15, -0.1) is 0 Å². The Hall–Kier alpha value is -2.71. The van der Waals surface area contributed by atoms with Crippen LogP contribution in [-0.2, 0) is 9.59 Å². The number of halogens is 2. The van der Waals surface area contributed by atoms with Gasteiger partial charge in [0.1, 0.15) is 11.8 Å². The van der Waals surface area contributed by atoms with E-state index in [4.69, 9.17) is 5.11 Å². The van der Waals surface area contributed by atoms with Crippen LogP contribution in [0.25, 0.3) is 0 Å². The van der Waals surface area contributed by atoms with E-state index in [0.717, 1.165) is 0 Å². The van der Waals surface area contributed by atoms with Crippen LogP contribution >= 0.6 is 0 Å². The van der Waals surface area contributed by atoms with Crippen molar-refractivity contribution in [3.05, 3.63) is 29.8 Å². The predicted octanol–water partition coefficient (Wildman–Crippen LogP) is 2.12. The van der Waals surface area contributed by atoms with Crippen molar-refractivity contribution in [2.75, 3.05) is 13.1 Å². The number of aliphatic carboxylic acids is 1. The molecular formula is C18H22F2N2O5. The van der Waals surface area contributed by atoms with E-state index in [9.17, 15) is 23.2 Å². The fraction of sp³-hybridized carbons (Fsp3) is 0.500. The Morgan fingerprint density at radius 3 is 2.67 bits per heavy atom. The second kappa shape index (κ2) is 9.29. The Morgan fingerprint density at radius 2 is 2.04 bits per heavy atom. The van der Waals surface area contributed by atoms with Crippen LogP contribution in [0.15, 0.2) is 24.3 Å². The Balaban J connectivity index is 2.08. The highest BCUT2D eigenvalue weighted by atomic mass is 19.3. The number of alkyl halides is 2. The molecule has 1 aliphatic rings. The maximum absolute atomic E-state index is 12.7. The predicted molar refractivity (Wildman–Crippen MR) is 91.6 cm³/mol. The van der Waals surface area contributed by atoms with Gasteiger partial charge < -0.3 is 20.1 Å². The molecule has 0 saturated carbocycles. The Kier molecular flexibility index (Phi) is 7.09. The average molecular weight is 384 g/mol. The van der Waals surface area contributed by atoms with Crippen molar-refractivity contribution in [1.82, 2.24) is 10.2 Å². The third-order valence-corrected chi connectivity index (χ3v) is 4.44. The van der Waals surface area contributed by atoms with Crippen LogP contribution in [0.1, 0.15) is 36.5 Å². The number of hydrogen-bond acceptors (Lipinski definition) is 4. The van der Waals surface area contributed by atoms with Crippen LogP contribution in [0.5, 0.6) is 5.75 Å². The Bertz CT molecular complexity index is 698. The van der Waals surface area contributed by atoms with Crippen LogP contribution in [0, 0.1) is 5.92 Å². The fourth-order valence-corrected chi connectivity index (χ4v) is 3.02. The number of para-hydroxylation sites is 1. The van der Waals surface area contributed by atoms with Crippen LogP contribution in [0.4, 0.5) is 8.78 Å². The molecular weight excluding hydrogens is 362 g/mol. The number of ether oxygens (including phenoxy) is 1. The largest absolute Gasteiger partial charge is 0.480 e. The number of nitrogens with zero attached hydrogens (tertiary/aromatic N) is 1. The first kappa shape index (κ1) is 20.6. The zero-order chi connectivity index (χ0) is 20.0. The second-order valence-electron chi connectivity index (χ2n) is 6.27.